The normalized spacial score (nSPS) is 19.4. The summed E-state index contributed by atoms with van der Waals surface area (Å²) in [5.41, 5.74) is 2.97. The molecule has 0 saturated carbocycles. The number of carbonyl (C=O) groups is 1. The first-order valence-electron chi connectivity index (χ1n) is 7.62. The van der Waals surface area contributed by atoms with Gasteiger partial charge in [-0.05, 0) is 31.4 Å². The third-order valence-corrected chi connectivity index (χ3v) is 4.76. The van der Waals surface area contributed by atoms with E-state index in [1.165, 1.54) is 5.56 Å². The van der Waals surface area contributed by atoms with Crippen LogP contribution in [0.4, 0.5) is 5.69 Å². The lowest BCUT2D eigenvalue weighted by atomic mass is 9.76. The zero-order valence-corrected chi connectivity index (χ0v) is 12.5. The van der Waals surface area contributed by atoms with Gasteiger partial charge in [0.05, 0.1) is 5.69 Å². The number of aryl methyl sites for hydroxylation is 1. The molecule has 0 atom stereocenters. The first-order chi connectivity index (χ1) is 10.7. The summed E-state index contributed by atoms with van der Waals surface area (Å²) in [5.74, 6) is 0.188. The number of ether oxygens (including phenoxy) is 1. The highest BCUT2D eigenvalue weighted by molar-refractivity contribution is 6.06. The van der Waals surface area contributed by atoms with Crippen molar-refractivity contribution in [1.29, 1.82) is 0 Å². The van der Waals surface area contributed by atoms with Crippen molar-refractivity contribution in [1.82, 2.24) is 5.16 Å². The van der Waals surface area contributed by atoms with Crippen LogP contribution in [0.25, 0.3) is 0 Å². The minimum Gasteiger partial charge on any atom is -0.381 e. The molecular weight excluding hydrogens is 280 g/mol. The van der Waals surface area contributed by atoms with Crippen LogP contribution >= 0.6 is 0 Å². The van der Waals surface area contributed by atoms with Crippen molar-refractivity contribution in [2.24, 2.45) is 0 Å². The number of rotatable bonds is 1. The van der Waals surface area contributed by atoms with Gasteiger partial charge >= 0.3 is 0 Å². The van der Waals surface area contributed by atoms with Gasteiger partial charge in [0.15, 0.2) is 0 Å². The Morgan fingerprint density at radius 1 is 1.27 bits per heavy atom. The molecule has 114 valence electrons. The van der Waals surface area contributed by atoms with Crippen molar-refractivity contribution in [2.45, 2.75) is 25.2 Å². The van der Waals surface area contributed by atoms with Crippen molar-refractivity contribution < 1.29 is 14.1 Å². The molecule has 3 heterocycles. The van der Waals surface area contributed by atoms with Crippen LogP contribution in [0.1, 0.15) is 34.7 Å². The quantitative estimate of drug-likeness (QED) is 0.812. The molecule has 1 fully saturated rings. The first kappa shape index (κ1) is 13.5. The highest BCUT2D eigenvalue weighted by Crippen LogP contribution is 2.46. The minimum absolute atomic E-state index is 0.0135. The number of fused-ring (bicyclic) bond motifs is 2. The number of amides is 1. The van der Waals surface area contributed by atoms with Crippen molar-refractivity contribution in [2.75, 3.05) is 24.7 Å². The summed E-state index contributed by atoms with van der Waals surface area (Å²) in [6.45, 7) is 4.00. The zero-order valence-electron chi connectivity index (χ0n) is 12.5. The monoisotopic (exact) mass is 298 g/mol. The maximum atomic E-state index is 12.8. The maximum absolute atomic E-state index is 12.8. The number of anilines is 1. The van der Waals surface area contributed by atoms with E-state index < -0.39 is 0 Å². The Morgan fingerprint density at radius 2 is 2.05 bits per heavy atom. The lowest BCUT2D eigenvalue weighted by molar-refractivity contribution is 0.0545. The molecule has 2 aromatic rings. The van der Waals surface area contributed by atoms with Crippen LogP contribution in [0.15, 0.2) is 34.9 Å². The lowest BCUT2D eigenvalue weighted by Crippen LogP contribution is -2.40. The first-order valence-corrected chi connectivity index (χ1v) is 7.62. The topological polar surface area (TPSA) is 55.6 Å². The third-order valence-electron chi connectivity index (χ3n) is 4.76. The van der Waals surface area contributed by atoms with Crippen LogP contribution < -0.4 is 4.90 Å². The smallest absolute Gasteiger partial charge is 0.296 e. The van der Waals surface area contributed by atoms with Gasteiger partial charge in [0.25, 0.3) is 5.91 Å². The molecule has 22 heavy (non-hydrogen) atoms. The Kier molecular flexibility index (Phi) is 3.04. The van der Waals surface area contributed by atoms with E-state index in [1.807, 2.05) is 30.0 Å². The van der Waals surface area contributed by atoms with Gasteiger partial charge in [0, 0.05) is 36.9 Å². The average molecular weight is 298 g/mol. The number of para-hydroxylation sites is 1. The van der Waals surface area contributed by atoms with Gasteiger partial charge in [-0.3, -0.25) is 4.79 Å². The molecule has 5 nitrogen and oxygen atoms in total. The summed E-state index contributed by atoms with van der Waals surface area (Å²) >= 11 is 0. The largest absolute Gasteiger partial charge is 0.381 e. The number of carbonyl (C=O) groups excluding carboxylic acids is 1. The molecule has 0 aliphatic carbocycles. The Morgan fingerprint density at radius 3 is 2.77 bits per heavy atom. The Balaban J connectivity index is 1.74. The van der Waals surface area contributed by atoms with Gasteiger partial charge in [-0.25, -0.2) is 0 Å². The van der Waals surface area contributed by atoms with Gasteiger partial charge in [-0.15, -0.1) is 0 Å². The van der Waals surface area contributed by atoms with Crippen LogP contribution in [0.2, 0.25) is 0 Å². The van der Waals surface area contributed by atoms with Crippen LogP contribution in [0.5, 0.6) is 0 Å². The van der Waals surface area contributed by atoms with Crippen molar-refractivity contribution in [3.05, 3.63) is 47.3 Å². The molecule has 2 aliphatic rings. The maximum Gasteiger partial charge on any atom is 0.296 e. The SMILES string of the molecule is Cc1cc(C(=O)N2CC3(CCOCC3)c3ccccc32)on1. The van der Waals surface area contributed by atoms with Crippen LogP contribution in [0.3, 0.4) is 0 Å². The number of hydrogen-bond acceptors (Lipinski definition) is 4. The summed E-state index contributed by atoms with van der Waals surface area (Å²) in [5, 5.41) is 3.83. The molecule has 1 aromatic carbocycles. The van der Waals surface area contributed by atoms with Gasteiger partial charge in [0.2, 0.25) is 5.76 Å². The van der Waals surface area contributed by atoms with E-state index in [4.69, 9.17) is 9.26 Å². The summed E-state index contributed by atoms with van der Waals surface area (Å²) in [7, 11) is 0. The van der Waals surface area contributed by atoms with Crippen LogP contribution in [-0.4, -0.2) is 30.8 Å². The summed E-state index contributed by atoms with van der Waals surface area (Å²) in [6, 6.07) is 9.87. The lowest BCUT2D eigenvalue weighted by Gasteiger charge is -2.34. The van der Waals surface area contributed by atoms with Crippen LogP contribution in [0, 0.1) is 6.92 Å². The summed E-state index contributed by atoms with van der Waals surface area (Å²) < 4.78 is 10.7. The van der Waals surface area contributed by atoms with Gasteiger partial charge < -0.3 is 14.2 Å². The van der Waals surface area contributed by atoms with Crippen LogP contribution in [-0.2, 0) is 10.2 Å². The molecule has 0 N–H and O–H groups in total. The molecule has 1 aromatic heterocycles. The fourth-order valence-corrected chi connectivity index (χ4v) is 3.60. The summed E-state index contributed by atoms with van der Waals surface area (Å²) in [6.07, 6.45) is 1.90. The standard InChI is InChI=1S/C17H18N2O3/c1-12-10-15(22-18-12)16(20)19-11-17(6-8-21-9-7-17)13-4-2-3-5-14(13)19/h2-5,10H,6-9,11H2,1H3. The summed E-state index contributed by atoms with van der Waals surface area (Å²) in [4.78, 5) is 14.6. The number of benzene rings is 1. The van der Waals surface area contributed by atoms with E-state index in [1.54, 1.807) is 6.07 Å². The Labute approximate surface area is 128 Å². The van der Waals surface area contributed by atoms with E-state index in [9.17, 15) is 4.79 Å². The molecule has 0 radical (unpaired) electrons. The van der Waals surface area contributed by atoms with E-state index >= 15 is 0 Å². The fraction of sp³-hybridized carbons (Fsp3) is 0.412. The van der Waals surface area contributed by atoms with Gasteiger partial charge in [-0.2, -0.15) is 0 Å². The third kappa shape index (κ3) is 1.96. The highest BCUT2D eigenvalue weighted by Gasteiger charge is 2.45. The molecule has 2 aliphatic heterocycles. The van der Waals surface area contributed by atoms with Crippen molar-refractivity contribution >= 4 is 11.6 Å². The molecule has 1 spiro atoms. The zero-order chi connectivity index (χ0) is 15.2. The van der Waals surface area contributed by atoms with Gasteiger partial charge in [0.1, 0.15) is 0 Å². The number of aromatic nitrogens is 1. The number of hydrogen-bond donors (Lipinski definition) is 0. The Bertz CT molecular complexity index is 716. The minimum atomic E-state index is -0.114. The molecule has 1 amide bonds. The molecular formula is C17H18N2O3. The van der Waals surface area contributed by atoms with E-state index in [2.05, 4.69) is 11.2 Å². The fourth-order valence-electron chi connectivity index (χ4n) is 3.60. The average Bonchev–Trinajstić information content (AvgIpc) is 3.11. The van der Waals surface area contributed by atoms with E-state index in [0.717, 1.165) is 37.4 Å². The second-order valence-corrected chi connectivity index (χ2v) is 6.13. The molecule has 1 saturated heterocycles. The number of nitrogens with zero attached hydrogens (tertiary/aromatic N) is 2. The predicted octanol–water partition coefficient (Wildman–Crippen LogP) is 2.69. The van der Waals surface area contributed by atoms with E-state index in [-0.39, 0.29) is 11.3 Å². The van der Waals surface area contributed by atoms with Crippen molar-refractivity contribution in [3.8, 4) is 0 Å². The second-order valence-electron chi connectivity index (χ2n) is 6.13. The second kappa shape index (κ2) is 4.95. The van der Waals surface area contributed by atoms with Crippen molar-refractivity contribution in [3.63, 3.8) is 0 Å². The molecule has 5 heteroatoms. The molecule has 4 rings (SSSR count). The van der Waals surface area contributed by atoms with E-state index in [0.29, 0.717) is 12.3 Å². The Hall–Kier alpha value is -2.14. The van der Waals surface area contributed by atoms with Gasteiger partial charge in [-0.1, -0.05) is 23.4 Å². The molecule has 0 unspecified atom stereocenters. The predicted molar refractivity (Wildman–Crippen MR) is 81.1 cm³/mol. The molecule has 0 bridgehead atoms. The highest BCUT2D eigenvalue weighted by atomic mass is 16.5.